The molecule has 20 heavy (non-hydrogen) atoms. The highest BCUT2D eigenvalue weighted by molar-refractivity contribution is 5.61. The van der Waals surface area contributed by atoms with Crippen LogP contribution in [0, 0.1) is 6.92 Å². The zero-order chi connectivity index (χ0) is 15.1. The Morgan fingerprint density at radius 1 is 1.00 bits per heavy atom. The van der Waals surface area contributed by atoms with Crippen LogP contribution in [0.4, 0.5) is 13.2 Å². The molecule has 0 aliphatic carbocycles. The molecule has 0 fully saturated rings. The van der Waals surface area contributed by atoms with E-state index in [1.54, 1.807) is 0 Å². The highest BCUT2D eigenvalue weighted by atomic mass is 19.4. The quantitative estimate of drug-likeness (QED) is 0.745. The lowest BCUT2D eigenvalue weighted by atomic mass is 10.1. The van der Waals surface area contributed by atoms with Crippen molar-refractivity contribution < 1.29 is 13.2 Å². The minimum absolute atomic E-state index is 0.477. The molecule has 0 radical (unpaired) electrons. The molecule has 0 amide bonds. The molecule has 108 valence electrons. The number of hydrogen-bond acceptors (Lipinski definition) is 1. The molecule has 1 heterocycles. The monoisotopic (exact) mass is 282 g/mol. The summed E-state index contributed by atoms with van der Waals surface area (Å²) in [6.45, 7) is 7.43. The lowest BCUT2D eigenvalue weighted by Crippen LogP contribution is -2.24. The van der Waals surface area contributed by atoms with Crippen molar-refractivity contribution in [2.45, 2.75) is 39.4 Å². The molecule has 5 heteroatoms. The van der Waals surface area contributed by atoms with Crippen LogP contribution < -0.4 is 0 Å². The number of halogens is 3. The van der Waals surface area contributed by atoms with E-state index in [2.05, 4.69) is 5.10 Å². The van der Waals surface area contributed by atoms with Gasteiger partial charge in [-0.1, -0.05) is 29.8 Å². The van der Waals surface area contributed by atoms with E-state index in [-0.39, 0.29) is 0 Å². The first-order valence-electron chi connectivity index (χ1n) is 6.34. The molecular weight excluding hydrogens is 265 g/mol. The zero-order valence-corrected chi connectivity index (χ0v) is 11.9. The van der Waals surface area contributed by atoms with Crippen molar-refractivity contribution in [2.75, 3.05) is 0 Å². The SMILES string of the molecule is Cc1ccc(-c2cc(C(F)(F)F)nn2C(C)(C)C)cc1. The van der Waals surface area contributed by atoms with E-state index in [1.807, 2.05) is 52.0 Å². The van der Waals surface area contributed by atoms with Gasteiger partial charge in [-0.3, -0.25) is 4.68 Å². The Labute approximate surface area is 116 Å². The Morgan fingerprint density at radius 3 is 2.00 bits per heavy atom. The molecule has 1 aromatic carbocycles. The number of nitrogens with zero attached hydrogens (tertiary/aromatic N) is 2. The normalized spacial score (nSPS) is 12.8. The van der Waals surface area contributed by atoms with Gasteiger partial charge in [0.15, 0.2) is 5.69 Å². The third-order valence-electron chi connectivity index (χ3n) is 2.98. The summed E-state index contributed by atoms with van der Waals surface area (Å²) in [5, 5.41) is 3.74. The standard InChI is InChI=1S/C15H17F3N2/c1-10-5-7-11(8-6-10)12-9-13(15(16,17)18)19-20(12)14(2,3)4/h5-9H,1-4H3. The number of benzene rings is 1. The molecule has 2 nitrogen and oxygen atoms in total. The fourth-order valence-corrected chi connectivity index (χ4v) is 1.96. The highest BCUT2D eigenvalue weighted by Gasteiger charge is 2.36. The van der Waals surface area contributed by atoms with Crippen molar-refractivity contribution in [3.8, 4) is 11.3 Å². The fraction of sp³-hybridized carbons (Fsp3) is 0.400. The topological polar surface area (TPSA) is 17.8 Å². The van der Waals surface area contributed by atoms with Crippen LogP contribution in [0.25, 0.3) is 11.3 Å². The lowest BCUT2D eigenvalue weighted by Gasteiger charge is -2.22. The van der Waals surface area contributed by atoms with E-state index < -0.39 is 17.4 Å². The van der Waals surface area contributed by atoms with Crippen LogP contribution in [0.15, 0.2) is 30.3 Å². The van der Waals surface area contributed by atoms with Gasteiger partial charge < -0.3 is 0 Å². The Balaban J connectivity index is 2.62. The molecule has 0 aliphatic rings. The fourth-order valence-electron chi connectivity index (χ4n) is 1.96. The maximum absolute atomic E-state index is 12.9. The van der Waals surface area contributed by atoms with Gasteiger partial charge in [-0.2, -0.15) is 18.3 Å². The van der Waals surface area contributed by atoms with E-state index in [0.29, 0.717) is 5.69 Å². The summed E-state index contributed by atoms with van der Waals surface area (Å²) >= 11 is 0. The van der Waals surface area contributed by atoms with E-state index in [1.165, 1.54) is 4.68 Å². The van der Waals surface area contributed by atoms with Gasteiger partial charge in [-0.05, 0) is 39.3 Å². The summed E-state index contributed by atoms with van der Waals surface area (Å²) in [5.74, 6) is 0. The molecule has 0 N–H and O–H groups in total. The van der Waals surface area contributed by atoms with Gasteiger partial charge in [-0.25, -0.2) is 0 Å². The maximum Gasteiger partial charge on any atom is 0.435 e. The lowest BCUT2D eigenvalue weighted by molar-refractivity contribution is -0.141. The Kier molecular flexibility index (Phi) is 3.40. The Morgan fingerprint density at radius 2 is 1.55 bits per heavy atom. The summed E-state index contributed by atoms with van der Waals surface area (Å²) in [7, 11) is 0. The molecule has 0 atom stereocenters. The summed E-state index contributed by atoms with van der Waals surface area (Å²) in [6, 6.07) is 8.49. The smallest absolute Gasteiger partial charge is 0.259 e. The molecular formula is C15H17F3N2. The second-order valence-electron chi connectivity index (χ2n) is 5.86. The summed E-state index contributed by atoms with van der Waals surface area (Å²) in [5.41, 5.74) is 0.886. The molecule has 0 aliphatic heterocycles. The molecule has 0 saturated carbocycles. The van der Waals surface area contributed by atoms with Crippen LogP contribution in [0.2, 0.25) is 0 Å². The van der Waals surface area contributed by atoms with Crippen molar-refractivity contribution >= 4 is 0 Å². The third-order valence-corrected chi connectivity index (χ3v) is 2.98. The van der Waals surface area contributed by atoms with Crippen LogP contribution in [0.3, 0.4) is 0 Å². The molecule has 0 saturated heterocycles. The van der Waals surface area contributed by atoms with Crippen LogP contribution in [0.5, 0.6) is 0 Å². The minimum atomic E-state index is -4.43. The van der Waals surface area contributed by atoms with Gasteiger partial charge >= 0.3 is 6.18 Å². The predicted octanol–water partition coefficient (Wildman–Crippen LogP) is 4.63. The minimum Gasteiger partial charge on any atom is -0.259 e. The molecule has 2 rings (SSSR count). The summed E-state index contributed by atoms with van der Waals surface area (Å²) in [6.07, 6.45) is -4.43. The molecule has 0 unspecified atom stereocenters. The first kappa shape index (κ1) is 14.6. The van der Waals surface area contributed by atoms with Crippen molar-refractivity contribution in [2.24, 2.45) is 0 Å². The molecule has 1 aromatic heterocycles. The third kappa shape index (κ3) is 2.86. The number of rotatable bonds is 1. The Hall–Kier alpha value is -1.78. The van der Waals surface area contributed by atoms with Crippen molar-refractivity contribution in [1.29, 1.82) is 0 Å². The van der Waals surface area contributed by atoms with E-state index >= 15 is 0 Å². The second kappa shape index (κ2) is 4.65. The zero-order valence-electron chi connectivity index (χ0n) is 11.9. The van der Waals surface area contributed by atoms with Gasteiger partial charge in [0.05, 0.1) is 11.2 Å². The molecule has 0 spiro atoms. The maximum atomic E-state index is 12.9. The number of aromatic nitrogens is 2. The van der Waals surface area contributed by atoms with Gasteiger partial charge in [0.2, 0.25) is 0 Å². The molecule has 0 bridgehead atoms. The summed E-state index contributed by atoms with van der Waals surface area (Å²) < 4.78 is 40.1. The van der Waals surface area contributed by atoms with E-state index in [0.717, 1.165) is 17.2 Å². The number of hydrogen-bond donors (Lipinski definition) is 0. The average molecular weight is 282 g/mol. The van der Waals surface area contributed by atoms with E-state index in [9.17, 15) is 13.2 Å². The van der Waals surface area contributed by atoms with Gasteiger partial charge in [0, 0.05) is 0 Å². The predicted molar refractivity (Wildman–Crippen MR) is 72.4 cm³/mol. The number of aryl methyl sites for hydroxylation is 1. The average Bonchev–Trinajstić information content (AvgIpc) is 2.74. The first-order chi connectivity index (χ1) is 9.09. The number of alkyl halides is 3. The van der Waals surface area contributed by atoms with Gasteiger partial charge in [0.1, 0.15) is 0 Å². The van der Waals surface area contributed by atoms with Crippen LogP contribution in [-0.4, -0.2) is 9.78 Å². The summed E-state index contributed by atoms with van der Waals surface area (Å²) in [4.78, 5) is 0. The first-order valence-corrected chi connectivity index (χ1v) is 6.34. The van der Waals surface area contributed by atoms with Crippen molar-refractivity contribution in [3.05, 3.63) is 41.6 Å². The van der Waals surface area contributed by atoms with E-state index in [4.69, 9.17) is 0 Å². The second-order valence-corrected chi connectivity index (χ2v) is 5.86. The Bertz CT molecular complexity index is 602. The van der Waals surface area contributed by atoms with Gasteiger partial charge in [-0.15, -0.1) is 0 Å². The molecule has 2 aromatic rings. The van der Waals surface area contributed by atoms with Crippen molar-refractivity contribution in [1.82, 2.24) is 9.78 Å². The largest absolute Gasteiger partial charge is 0.435 e. The van der Waals surface area contributed by atoms with Crippen LogP contribution in [0.1, 0.15) is 32.0 Å². The van der Waals surface area contributed by atoms with Gasteiger partial charge in [0.25, 0.3) is 0 Å². The van der Waals surface area contributed by atoms with Crippen LogP contribution in [-0.2, 0) is 11.7 Å². The van der Waals surface area contributed by atoms with Crippen LogP contribution >= 0.6 is 0 Å². The highest BCUT2D eigenvalue weighted by Crippen LogP contribution is 2.34. The van der Waals surface area contributed by atoms with Crippen molar-refractivity contribution in [3.63, 3.8) is 0 Å².